The van der Waals surface area contributed by atoms with Gasteiger partial charge in [0.15, 0.2) is 5.65 Å². The lowest BCUT2D eigenvalue weighted by Crippen LogP contribution is -2.03. The summed E-state index contributed by atoms with van der Waals surface area (Å²) in [6.45, 7) is 5.21. The number of rotatable bonds is 6. The van der Waals surface area contributed by atoms with Crippen LogP contribution in [0.15, 0.2) is 60.8 Å². The van der Waals surface area contributed by atoms with E-state index in [1.807, 2.05) is 56.3 Å². The molecule has 0 spiro atoms. The first kappa shape index (κ1) is 17.0. The molecule has 2 aromatic heterocycles. The van der Waals surface area contributed by atoms with Crippen molar-refractivity contribution in [1.29, 1.82) is 0 Å². The van der Waals surface area contributed by atoms with E-state index in [9.17, 15) is 0 Å². The van der Waals surface area contributed by atoms with Crippen LogP contribution in [0.1, 0.15) is 18.3 Å². The maximum atomic E-state index is 5.84. The van der Waals surface area contributed by atoms with E-state index in [-0.39, 0.29) is 6.01 Å². The third-order valence-electron chi connectivity index (χ3n) is 4.17. The van der Waals surface area contributed by atoms with Crippen LogP contribution >= 0.6 is 0 Å². The van der Waals surface area contributed by atoms with Crippen molar-refractivity contribution < 1.29 is 9.47 Å². The monoisotopic (exact) mass is 360 g/mol. The highest BCUT2D eigenvalue weighted by Crippen LogP contribution is 2.24. The van der Waals surface area contributed by atoms with E-state index in [4.69, 9.17) is 9.47 Å². The summed E-state index contributed by atoms with van der Waals surface area (Å²) >= 11 is 0. The maximum absolute atomic E-state index is 5.84. The molecule has 0 N–H and O–H groups in total. The summed E-state index contributed by atoms with van der Waals surface area (Å²) in [6.07, 6.45) is 1.69. The molecule has 136 valence electrons. The van der Waals surface area contributed by atoms with Gasteiger partial charge in [0.2, 0.25) is 0 Å². The topological polar surface area (TPSA) is 62.1 Å². The van der Waals surface area contributed by atoms with Crippen molar-refractivity contribution in [3.05, 3.63) is 72.2 Å². The van der Waals surface area contributed by atoms with Crippen molar-refractivity contribution in [1.82, 2.24) is 19.5 Å². The molecular formula is C21H20N4O2. The fourth-order valence-electron chi connectivity index (χ4n) is 2.92. The molecule has 0 fully saturated rings. The molecule has 0 aliphatic carbocycles. The van der Waals surface area contributed by atoms with Crippen molar-refractivity contribution >= 4 is 11.2 Å². The second kappa shape index (κ2) is 7.45. The molecule has 0 amide bonds. The standard InChI is InChI=1S/C21H20N4O2/c1-3-26-17-10-7-11-18(12-17)27-21-22-13-19-20(24-21)25(15(2)23-19)14-16-8-5-4-6-9-16/h4-13H,3,14H2,1-2H3. The van der Waals surface area contributed by atoms with Crippen LogP contribution in [0, 0.1) is 6.92 Å². The van der Waals surface area contributed by atoms with Crippen molar-refractivity contribution in [2.75, 3.05) is 6.61 Å². The van der Waals surface area contributed by atoms with Gasteiger partial charge in [-0.3, -0.25) is 0 Å². The highest BCUT2D eigenvalue weighted by molar-refractivity contribution is 5.71. The Bertz CT molecular complexity index is 1060. The quantitative estimate of drug-likeness (QED) is 0.511. The van der Waals surface area contributed by atoms with Crippen LogP contribution < -0.4 is 9.47 Å². The highest BCUT2D eigenvalue weighted by atomic mass is 16.5. The molecule has 2 heterocycles. The minimum Gasteiger partial charge on any atom is -0.494 e. The number of aromatic nitrogens is 4. The molecule has 0 saturated carbocycles. The summed E-state index contributed by atoms with van der Waals surface area (Å²) in [6, 6.07) is 18.0. The number of ether oxygens (including phenoxy) is 2. The molecule has 2 aromatic carbocycles. The smallest absolute Gasteiger partial charge is 0.324 e. The Balaban J connectivity index is 1.65. The predicted octanol–water partition coefficient (Wildman–Crippen LogP) is 4.37. The Kier molecular flexibility index (Phi) is 4.70. The lowest BCUT2D eigenvalue weighted by Gasteiger charge is -2.08. The zero-order valence-corrected chi connectivity index (χ0v) is 15.3. The second-order valence-electron chi connectivity index (χ2n) is 6.10. The second-order valence-corrected chi connectivity index (χ2v) is 6.10. The SMILES string of the molecule is CCOc1cccc(Oc2ncc3nc(C)n(Cc4ccccc4)c3n2)c1. The van der Waals surface area contributed by atoms with Crippen molar-refractivity contribution in [3.63, 3.8) is 0 Å². The number of imidazole rings is 1. The van der Waals surface area contributed by atoms with Crippen LogP contribution in [0.5, 0.6) is 17.5 Å². The molecule has 0 bridgehead atoms. The molecule has 0 aliphatic rings. The Labute approximate surface area is 157 Å². The zero-order valence-electron chi connectivity index (χ0n) is 15.3. The molecule has 0 atom stereocenters. The molecule has 6 heteroatoms. The van der Waals surface area contributed by atoms with Crippen molar-refractivity contribution in [2.45, 2.75) is 20.4 Å². The highest BCUT2D eigenvalue weighted by Gasteiger charge is 2.12. The number of nitrogens with zero attached hydrogens (tertiary/aromatic N) is 4. The summed E-state index contributed by atoms with van der Waals surface area (Å²) in [5, 5.41) is 0. The first-order valence-electron chi connectivity index (χ1n) is 8.87. The first-order valence-corrected chi connectivity index (χ1v) is 8.87. The van der Waals surface area contributed by atoms with E-state index in [2.05, 4.69) is 31.7 Å². The molecule has 0 aliphatic heterocycles. The first-order chi connectivity index (χ1) is 13.2. The van der Waals surface area contributed by atoms with E-state index < -0.39 is 0 Å². The number of fused-ring (bicyclic) bond motifs is 1. The molecule has 0 saturated heterocycles. The van der Waals surface area contributed by atoms with Crippen molar-refractivity contribution in [2.24, 2.45) is 0 Å². The number of hydrogen-bond acceptors (Lipinski definition) is 5. The number of aryl methyl sites for hydroxylation is 1. The Morgan fingerprint density at radius 2 is 1.78 bits per heavy atom. The number of hydrogen-bond donors (Lipinski definition) is 0. The molecule has 6 nitrogen and oxygen atoms in total. The maximum Gasteiger partial charge on any atom is 0.324 e. The molecule has 0 unspecified atom stereocenters. The van der Waals surface area contributed by atoms with Gasteiger partial charge in [-0.05, 0) is 31.5 Å². The Hall–Kier alpha value is -3.41. The van der Waals surface area contributed by atoms with Gasteiger partial charge in [0.05, 0.1) is 19.3 Å². The summed E-state index contributed by atoms with van der Waals surface area (Å²) in [7, 11) is 0. The predicted molar refractivity (Wildman–Crippen MR) is 103 cm³/mol. The third-order valence-corrected chi connectivity index (χ3v) is 4.17. The minimum absolute atomic E-state index is 0.283. The van der Waals surface area contributed by atoms with E-state index >= 15 is 0 Å². The van der Waals surface area contributed by atoms with Crippen molar-refractivity contribution in [3.8, 4) is 17.5 Å². The third kappa shape index (κ3) is 3.74. The van der Waals surface area contributed by atoms with Gasteiger partial charge >= 0.3 is 6.01 Å². The molecule has 4 aromatic rings. The molecule has 27 heavy (non-hydrogen) atoms. The molecular weight excluding hydrogens is 340 g/mol. The van der Waals surface area contributed by atoms with Crippen LogP contribution in [-0.2, 0) is 6.54 Å². The van der Waals surface area contributed by atoms with Gasteiger partial charge in [-0.1, -0.05) is 36.4 Å². The van der Waals surface area contributed by atoms with E-state index in [1.54, 1.807) is 6.20 Å². The van der Waals surface area contributed by atoms with Gasteiger partial charge in [-0.15, -0.1) is 0 Å². The summed E-state index contributed by atoms with van der Waals surface area (Å²) in [5.41, 5.74) is 2.69. The van der Waals surface area contributed by atoms with Gasteiger partial charge in [0, 0.05) is 6.07 Å². The zero-order chi connectivity index (χ0) is 18.6. The minimum atomic E-state index is 0.283. The average Bonchev–Trinajstić information content (AvgIpc) is 2.98. The van der Waals surface area contributed by atoms with E-state index in [1.165, 1.54) is 5.56 Å². The van der Waals surface area contributed by atoms with E-state index in [0.717, 1.165) is 22.7 Å². The fourth-order valence-corrected chi connectivity index (χ4v) is 2.92. The van der Waals surface area contributed by atoms with Gasteiger partial charge in [-0.25, -0.2) is 9.97 Å². The van der Waals surface area contributed by atoms with Gasteiger partial charge < -0.3 is 14.0 Å². The number of benzene rings is 2. The summed E-state index contributed by atoms with van der Waals surface area (Å²) < 4.78 is 13.4. The fraction of sp³-hybridized carbons (Fsp3) is 0.190. The average molecular weight is 360 g/mol. The van der Waals surface area contributed by atoms with E-state index in [0.29, 0.717) is 18.9 Å². The summed E-state index contributed by atoms with van der Waals surface area (Å²) in [5.74, 6) is 2.27. The molecule has 4 rings (SSSR count). The van der Waals surface area contributed by atoms with Crippen LogP contribution in [0.2, 0.25) is 0 Å². The Morgan fingerprint density at radius 1 is 0.963 bits per heavy atom. The Morgan fingerprint density at radius 3 is 2.59 bits per heavy atom. The largest absolute Gasteiger partial charge is 0.494 e. The van der Waals surface area contributed by atoms with Crippen LogP contribution in [0.4, 0.5) is 0 Å². The van der Waals surface area contributed by atoms with Gasteiger partial charge in [0.1, 0.15) is 22.8 Å². The lowest BCUT2D eigenvalue weighted by molar-refractivity contribution is 0.337. The normalized spacial score (nSPS) is 10.9. The lowest BCUT2D eigenvalue weighted by atomic mass is 10.2. The van der Waals surface area contributed by atoms with Gasteiger partial charge in [0.25, 0.3) is 0 Å². The van der Waals surface area contributed by atoms with Crippen LogP contribution in [0.25, 0.3) is 11.2 Å². The van der Waals surface area contributed by atoms with Crippen LogP contribution in [0.3, 0.4) is 0 Å². The molecule has 0 radical (unpaired) electrons. The van der Waals surface area contributed by atoms with Crippen LogP contribution in [-0.4, -0.2) is 26.1 Å². The summed E-state index contributed by atoms with van der Waals surface area (Å²) in [4.78, 5) is 13.4. The van der Waals surface area contributed by atoms with Gasteiger partial charge in [-0.2, -0.15) is 4.98 Å².